The van der Waals surface area contributed by atoms with E-state index in [9.17, 15) is 0 Å². The average Bonchev–Trinajstić information content (AvgIpc) is 2.61. The molecule has 0 unspecified atom stereocenters. The first kappa shape index (κ1) is 11.2. The topological polar surface area (TPSA) is 12.9 Å². The van der Waals surface area contributed by atoms with Crippen molar-refractivity contribution in [3.63, 3.8) is 0 Å². The van der Waals surface area contributed by atoms with E-state index in [1.54, 1.807) is 11.3 Å². The first-order valence-electron chi connectivity index (χ1n) is 5.16. The molecule has 0 spiro atoms. The van der Waals surface area contributed by atoms with Crippen LogP contribution in [0.15, 0.2) is 24.3 Å². The Kier molecular flexibility index (Phi) is 4.60. The second kappa shape index (κ2) is 5.76. The van der Waals surface area contributed by atoms with E-state index in [2.05, 4.69) is 44.0 Å². The Morgan fingerprint density at radius 3 is 2.36 bits per heavy atom. The fraction of sp³-hybridized carbons (Fsp3) is 0.417. The van der Waals surface area contributed by atoms with E-state index in [0.717, 1.165) is 11.9 Å². The molecule has 2 aromatic rings. The molecule has 0 atom stereocenters. The van der Waals surface area contributed by atoms with Crippen LogP contribution in [0.2, 0.25) is 0 Å². The number of para-hydroxylation sites is 1. The molecule has 14 heavy (non-hydrogen) atoms. The lowest BCUT2D eigenvalue weighted by Crippen LogP contribution is -1.73. The van der Waals surface area contributed by atoms with Crippen molar-refractivity contribution in [1.29, 1.82) is 0 Å². The molecule has 0 aliphatic rings. The summed E-state index contributed by atoms with van der Waals surface area (Å²) in [6, 6.07) is 8.26. The van der Waals surface area contributed by atoms with Crippen LogP contribution in [-0.4, -0.2) is 4.98 Å². The first-order valence-corrected chi connectivity index (χ1v) is 5.97. The van der Waals surface area contributed by atoms with Gasteiger partial charge in [-0.15, -0.1) is 11.3 Å². The molecule has 0 radical (unpaired) electrons. The minimum atomic E-state index is 1.04. The van der Waals surface area contributed by atoms with Gasteiger partial charge in [0.1, 0.15) is 0 Å². The van der Waals surface area contributed by atoms with Crippen LogP contribution < -0.4 is 0 Å². The molecule has 0 N–H and O–H groups in total. The van der Waals surface area contributed by atoms with Crippen molar-refractivity contribution in [1.82, 2.24) is 4.98 Å². The molecule has 0 saturated heterocycles. The number of hydrogen-bond donors (Lipinski definition) is 0. The van der Waals surface area contributed by atoms with E-state index < -0.39 is 0 Å². The van der Waals surface area contributed by atoms with Crippen molar-refractivity contribution in [2.45, 2.75) is 33.6 Å². The van der Waals surface area contributed by atoms with Crippen LogP contribution in [0.3, 0.4) is 0 Å². The Morgan fingerprint density at radius 1 is 1.14 bits per heavy atom. The molecule has 1 heterocycles. The van der Waals surface area contributed by atoms with Crippen LogP contribution in [0.4, 0.5) is 0 Å². The molecule has 1 aromatic carbocycles. The van der Waals surface area contributed by atoms with Crippen molar-refractivity contribution in [3.8, 4) is 0 Å². The highest BCUT2D eigenvalue weighted by Gasteiger charge is 1.98. The highest BCUT2D eigenvalue weighted by Crippen LogP contribution is 2.21. The van der Waals surface area contributed by atoms with Gasteiger partial charge in [0.15, 0.2) is 0 Å². The van der Waals surface area contributed by atoms with Gasteiger partial charge in [0.25, 0.3) is 0 Å². The molecule has 2 heteroatoms. The number of aryl methyl sites for hydroxylation is 1. The van der Waals surface area contributed by atoms with Gasteiger partial charge in [-0.05, 0) is 18.6 Å². The second-order valence-electron chi connectivity index (χ2n) is 3.14. The molecule has 0 amide bonds. The molecule has 1 aromatic heterocycles. The van der Waals surface area contributed by atoms with Gasteiger partial charge in [-0.3, -0.25) is 0 Å². The summed E-state index contributed by atoms with van der Waals surface area (Å²) in [7, 11) is 0. The highest BCUT2D eigenvalue weighted by molar-refractivity contribution is 7.18. The van der Waals surface area contributed by atoms with Crippen LogP contribution in [0.1, 0.15) is 32.2 Å². The van der Waals surface area contributed by atoms with Crippen molar-refractivity contribution in [2.75, 3.05) is 0 Å². The smallest absolute Gasteiger partial charge is 0.0935 e. The van der Waals surface area contributed by atoms with E-state index in [1.165, 1.54) is 16.1 Å². The van der Waals surface area contributed by atoms with E-state index in [4.69, 9.17) is 0 Å². The third-order valence-corrected chi connectivity index (χ3v) is 2.82. The third-order valence-electron chi connectivity index (χ3n) is 1.64. The summed E-state index contributed by atoms with van der Waals surface area (Å²) in [5.74, 6) is 0. The fourth-order valence-corrected chi connectivity index (χ4v) is 1.98. The van der Waals surface area contributed by atoms with Crippen molar-refractivity contribution in [3.05, 3.63) is 29.3 Å². The Hall–Kier alpha value is -0.890. The van der Waals surface area contributed by atoms with Gasteiger partial charge in [0.2, 0.25) is 0 Å². The number of thiazole rings is 1. The Bertz CT molecular complexity index is 345. The van der Waals surface area contributed by atoms with Crippen LogP contribution in [0.25, 0.3) is 10.2 Å². The number of nitrogens with zero attached hydrogens (tertiary/aromatic N) is 1. The highest BCUT2D eigenvalue weighted by atomic mass is 32.1. The second-order valence-corrected chi connectivity index (χ2v) is 4.25. The molecule has 0 bridgehead atoms. The molecule has 0 aliphatic heterocycles. The Labute approximate surface area is 89.8 Å². The zero-order valence-electron chi connectivity index (χ0n) is 9.08. The van der Waals surface area contributed by atoms with Gasteiger partial charge in [-0.1, -0.05) is 39.3 Å². The summed E-state index contributed by atoms with van der Waals surface area (Å²) in [5, 5.41) is 1.23. The predicted octanol–water partition coefficient (Wildman–Crippen LogP) is 4.28. The average molecular weight is 207 g/mol. The van der Waals surface area contributed by atoms with E-state index in [0.29, 0.717) is 0 Å². The monoisotopic (exact) mass is 207 g/mol. The predicted molar refractivity (Wildman–Crippen MR) is 65.0 cm³/mol. The van der Waals surface area contributed by atoms with Crippen molar-refractivity contribution >= 4 is 21.6 Å². The zero-order chi connectivity index (χ0) is 10.4. The maximum absolute atomic E-state index is 4.45. The van der Waals surface area contributed by atoms with Crippen LogP contribution in [0, 0.1) is 0 Å². The van der Waals surface area contributed by atoms with Crippen LogP contribution in [-0.2, 0) is 6.42 Å². The molecule has 1 nitrogen and oxygen atoms in total. The Morgan fingerprint density at radius 2 is 1.79 bits per heavy atom. The normalized spacial score (nSPS) is 9.64. The minimum absolute atomic E-state index is 1.04. The van der Waals surface area contributed by atoms with Crippen molar-refractivity contribution < 1.29 is 0 Å². The van der Waals surface area contributed by atoms with Gasteiger partial charge in [0.05, 0.1) is 15.2 Å². The third kappa shape index (κ3) is 2.81. The molecule has 0 fully saturated rings. The quantitative estimate of drug-likeness (QED) is 0.680. The summed E-state index contributed by atoms with van der Waals surface area (Å²) in [6.07, 6.45) is 2.29. The number of rotatable bonds is 1. The summed E-state index contributed by atoms with van der Waals surface area (Å²) in [5.41, 5.74) is 1.13. The summed E-state index contributed by atoms with van der Waals surface area (Å²) < 4.78 is 1.30. The molecular formula is C12H17NS. The number of fused-ring (bicyclic) bond motifs is 1. The van der Waals surface area contributed by atoms with Gasteiger partial charge in [0, 0.05) is 0 Å². The van der Waals surface area contributed by atoms with Gasteiger partial charge in [-0.2, -0.15) is 0 Å². The summed E-state index contributed by atoms with van der Waals surface area (Å²) in [6.45, 7) is 6.39. The van der Waals surface area contributed by atoms with Gasteiger partial charge >= 0.3 is 0 Å². The first-order chi connectivity index (χ1) is 6.81. The largest absolute Gasteiger partial charge is 0.241 e. The van der Waals surface area contributed by atoms with E-state index in [-0.39, 0.29) is 0 Å². The number of aromatic nitrogens is 1. The minimum Gasteiger partial charge on any atom is -0.241 e. The Balaban J connectivity index is 0.000000293. The van der Waals surface area contributed by atoms with Gasteiger partial charge < -0.3 is 0 Å². The van der Waals surface area contributed by atoms with Crippen molar-refractivity contribution in [2.24, 2.45) is 0 Å². The fourth-order valence-electron chi connectivity index (χ4n) is 1.07. The zero-order valence-corrected chi connectivity index (χ0v) is 9.90. The summed E-state index contributed by atoms with van der Waals surface area (Å²) >= 11 is 1.79. The molecule has 76 valence electrons. The lowest BCUT2D eigenvalue weighted by Gasteiger charge is -1.80. The molecular weight excluding hydrogens is 190 g/mol. The lowest BCUT2D eigenvalue weighted by atomic mass is 10.3. The lowest BCUT2D eigenvalue weighted by molar-refractivity contribution is 1.09. The molecule has 2 rings (SSSR count). The maximum atomic E-state index is 4.45. The SMILES string of the molecule is CCC.CCc1nc2ccccc2s1. The molecule has 0 aliphatic carbocycles. The van der Waals surface area contributed by atoms with E-state index >= 15 is 0 Å². The number of benzene rings is 1. The number of hydrogen-bond acceptors (Lipinski definition) is 2. The van der Waals surface area contributed by atoms with Crippen LogP contribution in [0.5, 0.6) is 0 Å². The van der Waals surface area contributed by atoms with Crippen LogP contribution >= 0.6 is 11.3 Å². The molecule has 0 saturated carbocycles. The van der Waals surface area contributed by atoms with Gasteiger partial charge in [-0.25, -0.2) is 4.98 Å². The maximum Gasteiger partial charge on any atom is 0.0935 e. The summed E-state index contributed by atoms with van der Waals surface area (Å²) in [4.78, 5) is 4.45. The van der Waals surface area contributed by atoms with E-state index in [1.807, 2.05) is 6.07 Å². The standard InChI is InChI=1S/C9H9NS.C3H8/c1-2-9-10-7-5-3-4-6-8(7)11-9;1-3-2/h3-6H,2H2,1H3;3H2,1-2H3.